The zero-order valence-corrected chi connectivity index (χ0v) is 13.1. The van der Waals surface area contributed by atoms with Crippen molar-refractivity contribution >= 4 is 21.7 Å². The highest BCUT2D eigenvalue weighted by atomic mass is 32.2. The summed E-state index contributed by atoms with van der Waals surface area (Å²) in [5.74, 6) is 0.718. The van der Waals surface area contributed by atoms with Gasteiger partial charge in [-0.15, -0.1) is 0 Å². The fraction of sp³-hybridized carbons (Fsp3) is 0.0625. The van der Waals surface area contributed by atoms with Gasteiger partial charge in [-0.25, -0.2) is 4.98 Å². The van der Waals surface area contributed by atoms with Gasteiger partial charge in [-0.05, 0) is 30.3 Å². The number of benzene rings is 2. The minimum atomic E-state index is -0.983. The standard InChI is InChI=1S/C16H13N5OS/c1-23(22)12-5-2-10(3-6-12)15-13-8-11(16-17-9-18-21-16)4-7-14(13)19-20-15/h2-9H,1H3,(H,19,20)(H,17,18,21). The molecule has 7 heteroatoms. The molecule has 0 fully saturated rings. The highest BCUT2D eigenvalue weighted by Gasteiger charge is 2.11. The van der Waals surface area contributed by atoms with Gasteiger partial charge in [0.25, 0.3) is 0 Å². The molecule has 2 aromatic carbocycles. The third-order valence-corrected chi connectivity index (χ3v) is 4.65. The molecule has 0 saturated heterocycles. The Morgan fingerprint density at radius 1 is 1.00 bits per heavy atom. The predicted molar refractivity (Wildman–Crippen MR) is 89.2 cm³/mol. The highest BCUT2D eigenvalue weighted by Crippen LogP contribution is 2.29. The van der Waals surface area contributed by atoms with Crippen LogP contribution in [-0.2, 0) is 10.8 Å². The number of nitrogens with zero attached hydrogens (tertiary/aromatic N) is 3. The molecule has 0 radical (unpaired) electrons. The fourth-order valence-corrected chi connectivity index (χ4v) is 3.05. The Hall–Kier alpha value is -2.80. The van der Waals surface area contributed by atoms with Crippen LogP contribution in [0.2, 0.25) is 0 Å². The molecule has 0 aliphatic carbocycles. The maximum absolute atomic E-state index is 11.5. The summed E-state index contributed by atoms with van der Waals surface area (Å²) in [4.78, 5) is 4.98. The van der Waals surface area contributed by atoms with Crippen LogP contribution in [0.1, 0.15) is 0 Å². The number of hydrogen-bond acceptors (Lipinski definition) is 4. The number of hydrogen-bond donors (Lipinski definition) is 2. The number of aromatic amines is 2. The first-order chi connectivity index (χ1) is 11.2. The monoisotopic (exact) mass is 323 g/mol. The van der Waals surface area contributed by atoms with Gasteiger partial charge in [-0.3, -0.25) is 14.4 Å². The van der Waals surface area contributed by atoms with Gasteiger partial charge in [0.2, 0.25) is 0 Å². The normalized spacial score (nSPS) is 12.6. The van der Waals surface area contributed by atoms with Gasteiger partial charge < -0.3 is 0 Å². The van der Waals surface area contributed by atoms with E-state index in [1.165, 1.54) is 6.33 Å². The maximum Gasteiger partial charge on any atom is 0.155 e. The Kier molecular flexibility index (Phi) is 3.27. The van der Waals surface area contributed by atoms with E-state index in [-0.39, 0.29) is 0 Å². The number of rotatable bonds is 3. The zero-order chi connectivity index (χ0) is 15.8. The molecule has 6 nitrogen and oxygen atoms in total. The first-order valence-electron chi connectivity index (χ1n) is 7.00. The van der Waals surface area contributed by atoms with Crippen LogP contribution in [0, 0.1) is 0 Å². The third-order valence-electron chi connectivity index (χ3n) is 3.71. The van der Waals surface area contributed by atoms with E-state index in [9.17, 15) is 4.21 Å². The van der Waals surface area contributed by atoms with Gasteiger partial charge in [-0.2, -0.15) is 10.2 Å². The van der Waals surface area contributed by atoms with E-state index >= 15 is 0 Å². The number of H-pyrrole nitrogens is 2. The van der Waals surface area contributed by atoms with Gasteiger partial charge in [0, 0.05) is 38.5 Å². The minimum Gasteiger partial charge on any atom is -0.277 e. The molecule has 2 N–H and O–H groups in total. The zero-order valence-electron chi connectivity index (χ0n) is 12.3. The van der Waals surface area contributed by atoms with Gasteiger partial charge in [0.05, 0.1) is 11.2 Å². The van der Waals surface area contributed by atoms with E-state index in [1.54, 1.807) is 6.26 Å². The molecule has 2 aromatic heterocycles. The van der Waals surface area contributed by atoms with E-state index in [0.29, 0.717) is 0 Å². The van der Waals surface area contributed by atoms with Gasteiger partial charge in [-0.1, -0.05) is 12.1 Å². The van der Waals surface area contributed by atoms with Crippen molar-refractivity contribution in [2.24, 2.45) is 0 Å². The lowest BCUT2D eigenvalue weighted by Gasteiger charge is -2.01. The Morgan fingerprint density at radius 2 is 1.78 bits per heavy atom. The van der Waals surface area contributed by atoms with Gasteiger partial charge in [0.15, 0.2) is 5.82 Å². The molecule has 4 rings (SSSR count). The van der Waals surface area contributed by atoms with Crippen LogP contribution in [0.25, 0.3) is 33.5 Å². The summed E-state index contributed by atoms with van der Waals surface area (Å²) in [6.45, 7) is 0. The molecule has 1 unspecified atom stereocenters. The highest BCUT2D eigenvalue weighted by molar-refractivity contribution is 7.84. The molecule has 0 amide bonds. The van der Waals surface area contributed by atoms with E-state index < -0.39 is 10.8 Å². The first-order valence-corrected chi connectivity index (χ1v) is 8.56. The van der Waals surface area contributed by atoms with Gasteiger partial charge >= 0.3 is 0 Å². The molecule has 2 heterocycles. The average molecular weight is 323 g/mol. The van der Waals surface area contributed by atoms with Crippen molar-refractivity contribution in [2.75, 3.05) is 6.26 Å². The second kappa shape index (κ2) is 5.44. The van der Waals surface area contributed by atoms with Crippen LogP contribution >= 0.6 is 0 Å². The van der Waals surface area contributed by atoms with E-state index in [2.05, 4.69) is 25.4 Å². The fourth-order valence-electron chi connectivity index (χ4n) is 2.53. The Bertz CT molecular complexity index is 989. The lowest BCUT2D eigenvalue weighted by atomic mass is 10.1. The SMILES string of the molecule is CS(=O)c1ccc(-c2n[nH]c3ccc(-c4ncn[nH]4)cc23)cc1. The van der Waals surface area contributed by atoms with Crippen LogP contribution in [-0.4, -0.2) is 35.8 Å². The number of aromatic nitrogens is 5. The number of nitrogens with one attached hydrogen (secondary N) is 2. The van der Waals surface area contributed by atoms with Crippen molar-refractivity contribution < 1.29 is 4.21 Å². The second-order valence-electron chi connectivity index (χ2n) is 5.15. The Morgan fingerprint density at radius 3 is 2.48 bits per heavy atom. The molecule has 4 aromatic rings. The minimum absolute atomic E-state index is 0.718. The summed E-state index contributed by atoms with van der Waals surface area (Å²) < 4.78 is 11.5. The third kappa shape index (κ3) is 2.44. The van der Waals surface area contributed by atoms with Crippen molar-refractivity contribution in [3.8, 4) is 22.6 Å². The molecule has 0 bridgehead atoms. The van der Waals surface area contributed by atoms with E-state index in [4.69, 9.17) is 0 Å². The smallest absolute Gasteiger partial charge is 0.155 e. The van der Waals surface area contributed by atoms with Crippen molar-refractivity contribution in [1.29, 1.82) is 0 Å². The summed E-state index contributed by atoms with van der Waals surface area (Å²) in [6, 6.07) is 13.6. The molecule has 0 saturated carbocycles. The maximum atomic E-state index is 11.5. The molecule has 23 heavy (non-hydrogen) atoms. The first kappa shape index (κ1) is 13.8. The quantitative estimate of drug-likeness (QED) is 0.607. The summed E-state index contributed by atoms with van der Waals surface area (Å²) in [5, 5.41) is 15.2. The predicted octanol–water partition coefficient (Wildman–Crippen LogP) is 2.75. The van der Waals surface area contributed by atoms with Gasteiger partial charge in [0.1, 0.15) is 6.33 Å². The van der Waals surface area contributed by atoms with Crippen molar-refractivity contribution in [1.82, 2.24) is 25.4 Å². The average Bonchev–Trinajstić information content (AvgIpc) is 3.24. The topological polar surface area (TPSA) is 87.3 Å². The summed E-state index contributed by atoms with van der Waals surface area (Å²) in [6.07, 6.45) is 3.15. The Balaban J connectivity index is 1.83. The van der Waals surface area contributed by atoms with Crippen LogP contribution in [0.15, 0.2) is 53.7 Å². The van der Waals surface area contributed by atoms with Crippen molar-refractivity contribution in [3.05, 3.63) is 48.8 Å². The van der Waals surface area contributed by atoms with E-state index in [0.717, 1.165) is 38.4 Å². The molecule has 114 valence electrons. The summed E-state index contributed by atoms with van der Waals surface area (Å²) in [7, 11) is -0.983. The summed E-state index contributed by atoms with van der Waals surface area (Å²) >= 11 is 0. The van der Waals surface area contributed by atoms with Crippen LogP contribution in [0.5, 0.6) is 0 Å². The molecular formula is C16H13N5OS. The van der Waals surface area contributed by atoms with Crippen LogP contribution < -0.4 is 0 Å². The van der Waals surface area contributed by atoms with Crippen LogP contribution in [0.4, 0.5) is 0 Å². The summed E-state index contributed by atoms with van der Waals surface area (Å²) in [5.41, 5.74) is 3.73. The molecular weight excluding hydrogens is 310 g/mol. The van der Waals surface area contributed by atoms with Crippen molar-refractivity contribution in [3.63, 3.8) is 0 Å². The second-order valence-corrected chi connectivity index (χ2v) is 6.52. The lowest BCUT2D eigenvalue weighted by Crippen LogP contribution is -1.87. The molecule has 0 aliphatic heterocycles. The van der Waals surface area contributed by atoms with Crippen molar-refractivity contribution in [2.45, 2.75) is 4.90 Å². The number of fused-ring (bicyclic) bond motifs is 1. The molecule has 1 atom stereocenters. The van der Waals surface area contributed by atoms with Crippen LogP contribution in [0.3, 0.4) is 0 Å². The Labute approximate surface area is 134 Å². The van der Waals surface area contributed by atoms with E-state index in [1.807, 2.05) is 42.5 Å². The largest absolute Gasteiger partial charge is 0.277 e. The lowest BCUT2D eigenvalue weighted by molar-refractivity contribution is 0.687. The molecule has 0 aliphatic rings. The molecule has 0 spiro atoms.